The first kappa shape index (κ1) is 26.7. The Labute approximate surface area is 217 Å². The summed E-state index contributed by atoms with van der Waals surface area (Å²) in [6.45, 7) is 1.83. The molecule has 11 heteroatoms. The Morgan fingerprint density at radius 1 is 0.857 bits per heavy atom. The minimum atomic E-state index is -4.38. The zero-order valence-corrected chi connectivity index (χ0v) is 22.7. The van der Waals surface area contributed by atoms with Crippen molar-refractivity contribution in [3.8, 4) is 23.0 Å². The largest absolute Gasteiger partial charge is 0.495 e. The van der Waals surface area contributed by atoms with Crippen LogP contribution in [-0.4, -0.2) is 42.8 Å². The number of nitrogens with zero attached hydrogens (tertiary/aromatic N) is 1. The quantitative estimate of drug-likeness (QED) is 0.346. The second-order valence-corrected chi connectivity index (χ2v) is 10.2. The standard InChI is InChI=1S/C24H23BrClNO7S/c1-14-6-9-16(10-7-14)35(29,30)27(15-8-11-19(31-2)18(26)12-15)24(28)17-13-20(32-3)22(33-4)23(34-5)21(17)25/h6-13H,1-5H3. The Hall–Kier alpha value is -2.95. The van der Waals surface area contributed by atoms with Crippen LogP contribution in [0, 0.1) is 6.92 Å². The van der Waals surface area contributed by atoms with Crippen LogP contribution >= 0.6 is 27.5 Å². The van der Waals surface area contributed by atoms with Crippen molar-refractivity contribution in [2.24, 2.45) is 0 Å². The minimum Gasteiger partial charge on any atom is -0.495 e. The third-order valence-electron chi connectivity index (χ3n) is 5.11. The number of methoxy groups -OCH3 is 4. The highest BCUT2D eigenvalue weighted by atomic mass is 79.9. The summed E-state index contributed by atoms with van der Waals surface area (Å²) < 4.78 is 49.7. The summed E-state index contributed by atoms with van der Waals surface area (Å²) >= 11 is 9.64. The van der Waals surface area contributed by atoms with Gasteiger partial charge in [0.15, 0.2) is 11.5 Å². The molecule has 0 unspecified atom stereocenters. The van der Waals surface area contributed by atoms with Gasteiger partial charge in [0, 0.05) is 0 Å². The van der Waals surface area contributed by atoms with E-state index < -0.39 is 15.9 Å². The lowest BCUT2D eigenvalue weighted by molar-refractivity contribution is 0.100. The molecule has 0 saturated carbocycles. The van der Waals surface area contributed by atoms with Gasteiger partial charge >= 0.3 is 0 Å². The SMILES string of the molecule is COc1ccc(N(C(=O)c2cc(OC)c(OC)c(OC)c2Br)S(=O)(=O)c2ccc(C)cc2)cc1Cl. The van der Waals surface area contributed by atoms with Gasteiger partial charge in [0.25, 0.3) is 15.9 Å². The molecular weight excluding hydrogens is 562 g/mol. The number of halogens is 2. The highest BCUT2D eigenvalue weighted by Crippen LogP contribution is 2.46. The molecule has 0 spiro atoms. The topological polar surface area (TPSA) is 91.4 Å². The number of rotatable bonds is 8. The first-order chi connectivity index (χ1) is 16.6. The van der Waals surface area contributed by atoms with E-state index in [1.807, 2.05) is 6.92 Å². The first-order valence-electron chi connectivity index (χ1n) is 10.1. The van der Waals surface area contributed by atoms with E-state index in [0.29, 0.717) is 10.1 Å². The van der Waals surface area contributed by atoms with Gasteiger partial charge in [0.2, 0.25) is 5.75 Å². The molecule has 0 N–H and O–H groups in total. The predicted octanol–water partition coefficient (Wildman–Crippen LogP) is 5.48. The molecule has 0 saturated heterocycles. The van der Waals surface area contributed by atoms with Crippen LogP contribution in [-0.2, 0) is 10.0 Å². The molecule has 1 amide bonds. The number of sulfonamides is 1. The molecule has 3 aromatic carbocycles. The van der Waals surface area contributed by atoms with Crippen LogP contribution < -0.4 is 23.3 Å². The molecule has 3 rings (SSSR count). The number of anilines is 1. The van der Waals surface area contributed by atoms with Crippen LogP contribution in [0.25, 0.3) is 0 Å². The van der Waals surface area contributed by atoms with Gasteiger partial charge in [-0.15, -0.1) is 0 Å². The maximum absolute atomic E-state index is 13.9. The predicted molar refractivity (Wildman–Crippen MR) is 137 cm³/mol. The summed E-state index contributed by atoms with van der Waals surface area (Å²) in [6, 6.07) is 11.8. The van der Waals surface area contributed by atoms with E-state index in [4.69, 9.17) is 30.5 Å². The van der Waals surface area contributed by atoms with Crippen LogP contribution in [0.5, 0.6) is 23.0 Å². The van der Waals surface area contributed by atoms with Gasteiger partial charge in [0.05, 0.1) is 54.1 Å². The van der Waals surface area contributed by atoms with Crippen molar-refractivity contribution < 1.29 is 32.2 Å². The van der Waals surface area contributed by atoms with Crippen molar-refractivity contribution in [2.75, 3.05) is 32.7 Å². The van der Waals surface area contributed by atoms with Crippen LogP contribution in [0.2, 0.25) is 5.02 Å². The van der Waals surface area contributed by atoms with E-state index in [1.54, 1.807) is 12.1 Å². The zero-order valence-electron chi connectivity index (χ0n) is 19.6. The fourth-order valence-electron chi connectivity index (χ4n) is 3.35. The Balaban J connectivity index is 2.30. The van der Waals surface area contributed by atoms with Crippen molar-refractivity contribution in [1.82, 2.24) is 0 Å². The van der Waals surface area contributed by atoms with Crippen LogP contribution in [0.3, 0.4) is 0 Å². The summed E-state index contributed by atoms with van der Waals surface area (Å²) in [5, 5.41) is 0.130. The van der Waals surface area contributed by atoms with E-state index in [-0.39, 0.29) is 42.9 Å². The van der Waals surface area contributed by atoms with Crippen molar-refractivity contribution in [1.29, 1.82) is 0 Å². The molecule has 0 aliphatic heterocycles. The first-order valence-corrected chi connectivity index (χ1v) is 12.7. The smallest absolute Gasteiger partial charge is 0.273 e. The van der Waals surface area contributed by atoms with Crippen LogP contribution in [0.4, 0.5) is 5.69 Å². The van der Waals surface area contributed by atoms with E-state index in [1.165, 1.54) is 64.8 Å². The van der Waals surface area contributed by atoms with E-state index in [9.17, 15) is 13.2 Å². The van der Waals surface area contributed by atoms with Crippen molar-refractivity contribution in [3.05, 3.63) is 69.2 Å². The van der Waals surface area contributed by atoms with Crippen molar-refractivity contribution in [3.63, 3.8) is 0 Å². The van der Waals surface area contributed by atoms with Gasteiger partial charge in [-0.1, -0.05) is 29.3 Å². The van der Waals surface area contributed by atoms with Crippen molar-refractivity contribution >= 4 is 49.1 Å². The fourth-order valence-corrected chi connectivity index (χ4v) is 5.63. The minimum absolute atomic E-state index is 0.0158. The second-order valence-electron chi connectivity index (χ2n) is 7.21. The Morgan fingerprint density at radius 3 is 1.97 bits per heavy atom. The van der Waals surface area contributed by atoms with Crippen LogP contribution in [0.15, 0.2) is 57.9 Å². The van der Waals surface area contributed by atoms with Gasteiger partial charge < -0.3 is 18.9 Å². The molecule has 0 aromatic heterocycles. The summed E-state index contributed by atoms with van der Waals surface area (Å²) in [6.07, 6.45) is 0. The molecule has 186 valence electrons. The van der Waals surface area contributed by atoms with Gasteiger partial charge in [0.1, 0.15) is 5.75 Å². The third-order valence-corrected chi connectivity index (χ3v) is 7.92. The monoisotopic (exact) mass is 583 g/mol. The number of hydrogen-bond acceptors (Lipinski definition) is 7. The molecule has 0 aliphatic carbocycles. The number of benzene rings is 3. The number of carbonyl (C=O) groups excluding carboxylic acids is 1. The molecule has 8 nitrogen and oxygen atoms in total. The van der Waals surface area contributed by atoms with Crippen LogP contribution in [0.1, 0.15) is 15.9 Å². The lowest BCUT2D eigenvalue weighted by Gasteiger charge is -2.25. The van der Waals surface area contributed by atoms with Gasteiger partial charge in [-0.25, -0.2) is 8.42 Å². The highest BCUT2D eigenvalue weighted by Gasteiger charge is 2.35. The second kappa shape index (κ2) is 10.8. The number of amides is 1. The number of ether oxygens (including phenoxy) is 4. The lowest BCUT2D eigenvalue weighted by atomic mass is 10.1. The molecule has 0 radical (unpaired) electrons. The molecule has 35 heavy (non-hydrogen) atoms. The maximum Gasteiger partial charge on any atom is 0.273 e. The van der Waals surface area contributed by atoms with Crippen molar-refractivity contribution in [2.45, 2.75) is 11.8 Å². The molecule has 0 bridgehead atoms. The Morgan fingerprint density at radius 2 is 1.46 bits per heavy atom. The summed E-state index contributed by atoms with van der Waals surface area (Å²) in [5.74, 6) is 0.0216. The molecular formula is C24H23BrClNO7S. The van der Waals surface area contributed by atoms with Gasteiger partial charge in [-0.2, -0.15) is 4.31 Å². The van der Waals surface area contributed by atoms with E-state index >= 15 is 0 Å². The summed E-state index contributed by atoms with van der Waals surface area (Å²) in [5.41, 5.74) is 0.839. The zero-order chi connectivity index (χ0) is 25.9. The van der Waals surface area contributed by atoms with E-state index in [0.717, 1.165) is 5.56 Å². The molecule has 3 aromatic rings. The average Bonchev–Trinajstić information content (AvgIpc) is 2.83. The summed E-state index contributed by atoms with van der Waals surface area (Å²) in [4.78, 5) is 13.9. The average molecular weight is 585 g/mol. The Kier molecular flexibility index (Phi) is 8.19. The molecule has 0 fully saturated rings. The maximum atomic E-state index is 13.9. The molecule has 0 atom stereocenters. The molecule has 0 aliphatic rings. The van der Waals surface area contributed by atoms with Gasteiger partial charge in [-0.3, -0.25) is 4.79 Å². The number of aryl methyl sites for hydroxylation is 1. The number of carbonyl (C=O) groups is 1. The normalized spacial score (nSPS) is 11.1. The van der Waals surface area contributed by atoms with E-state index in [2.05, 4.69) is 15.9 Å². The fraction of sp³-hybridized carbons (Fsp3) is 0.208. The summed E-state index contributed by atoms with van der Waals surface area (Å²) in [7, 11) is 1.25. The lowest BCUT2D eigenvalue weighted by Crippen LogP contribution is -2.37. The number of hydrogen-bond donors (Lipinski definition) is 0. The van der Waals surface area contributed by atoms with Gasteiger partial charge in [-0.05, 0) is 59.3 Å². The Bertz CT molecular complexity index is 1360. The molecule has 0 heterocycles. The highest BCUT2D eigenvalue weighted by molar-refractivity contribution is 9.10. The third kappa shape index (κ3) is 5.05.